The zero-order chi connectivity index (χ0) is 11.3. The maximum absolute atomic E-state index is 5.57. The van der Waals surface area contributed by atoms with Crippen LogP contribution in [0.2, 0.25) is 0 Å². The predicted octanol–water partition coefficient (Wildman–Crippen LogP) is 1.25. The standard InChI is InChI=1S/C11H19N3O/c1-4-15-11(2,3)10-13-7-9(5-6-12)8-14-10/h7-8H,4-6,12H2,1-3H3. The highest BCUT2D eigenvalue weighted by atomic mass is 16.5. The molecule has 0 aliphatic carbocycles. The maximum Gasteiger partial charge on any atom is 0.159 e. The summed E-state index contributed by atoms with van der Waals surface area (Å²) in [7, 11) is 0. The highest BCUT2D eigenvalue weighted by Crippen LogP contribution is 2.20. The molecule has 84 valence electrons. The summed E-state index contributed by atoms with van der Waals surface area (Å²) < 4.78 is 5.57. The Morgan fingerprint density at radius 3 is 2.40 bits per heavy atom. The molecule has 4 nitrogen and oxygen atoms in total. The largest absolute Gasteiger partial charge is 0.368 e. The second kappa shape index (κ2) is 5.19. The third-order valence-electron chi connectivity index (χ3n) is 2.18. The van der Waals surface area contributed by atoms with Gasteiger partial charge in [0.1, 0.15) is 5.60 Å². The number of aromatic nitrogens is 2. The minimum absolute atomic E-state index is 0.421. The van der Waals surface area contributed by atoms with Crippen LogP contribution in [0.5, 0.6) is 0 Å². The molecule has 0 aromatic carbocycles. The Morgan fingerprint density at radius 1 is 1.33 bits per heavy atom. The number of hydrogen-bond acceptors (Lipinski definition) is 4. The van der Waals surface area contributed by atoms with Crippen LogP contribution in [-0.4, -0.2) is 23.1 Å². The predicted molar refractivity (Wildman–Crippen MR) is 59.4 cm³/mol. The zero-order valence-electron chi connectivity index (χ0n) is 9.66. The van der Waals surface area contributed by atoms with Gasteiger partial charge in [-0.15, -0.1) is 0 Å². The first-order valence-corrected chi connectivity index (χ1v) is 5.25. The molecule has 2 N–H and O–H groups in total. The Morgan fingerprint density at radius 2 is 1.93 bits per heavy atom. The van der Waals surface area contributed by atoms with Gasteiger partial charge in [-0.3, -0.25) is 0 Å². The lowest BCUT2D eigenvalue weighted by Gasteiger charge is -2.22. The molecule has 0 atom stereocenters. The molecule has 0 aliphatic rings. The summed E-state index contributed by atoms with van der Waals surface area (Å²) in [5.41, 5.74) is 6.09. The second-order valence-corrected chi connectivity index (χ2v) is 3.90. The van der Waals surface area contributed by atoms with Crippen LogP contribution < -0.4 is 5.73 Å². The fourth-order valence-electron chi connectivity index (χ4n) is 1.39. The van der Waals surface area contributed by atoms with E-state index in [1.807, 2.05) is 33.2 Å². The van der Waals surface area contributed by atoms with E-state index in [9.17, 15) is 0 Å². The van der Waals surface area contributed by atoms with E-state index in [1.165, 1.54) is 0 Å². The van der Waals surface area contributed by atoms with Crippen LogP contribution in [0.1, 0.15) is 32.2 Å². The normalized spacial score (nSPS) is 11.7. The second-order valence-electron chi connectivity index (χ2n) is 3.90. The molecule has 15 heavy (non-hydrogen) atoms. The molecule has 1 aromatic rings. The van der Waals surface area contributed by atoms with E-state index < -0.39 is 5.60 Å². The first-order valence-electron chi connectivity index (χ1n) is 5.25. The summed E-state index contributed by atoms with van der Waals surface area (Å²) in [5, 5.41) is 0. The van der Waals surface area contributed by atoms with Crippen LogP contribution in [0.25, 0.3) is 0 Å². The Kier molecular flexibility index (Phi) is 4.17. The Hall–Kier alpha value is -1.00. The van der Waals surface area contributed by atoms with Gasteiger partial charge in [0, 0.05) is 19.0 Å². The highest BCUT2D eigenvalue weighted by Gasteiger charge is 2.23. The summed E-state index contributed by atoms with van der Waals surface area (Å²) in [6.07, 6.45) is 4.45. The van der Waals surface area contributed by atoms with Gasteiger partial charge in [0.05, 0.1) is 0 Å². The fraction of sp³-hybridized carbons (Fsp3) is 0.636. The molecule has 0 unspecified atom stereocenters. The monoisotopic (exact) mass is 209 g/mol. The van der Waals surface area contributed by atoms with E-state index in [0.29, 0.717) is 19.0 Å². The minimum atomic E-state index is -0.421. The van der Waals surface area contributed by atoms with Crippen LogP contribution in [-0.2, 0) is 16.8 Å². The first-order chi connectivity index (χ1) is 7.10. The van der Waals surface area contributed by atoms with Crippen LogP contribution in [0, 0.1) is 0 Å². The van der Waals surface area contributed by atoms with E-state index in [-0.39, 0.29) is 0 Å². The Balaban J connectivity index is 2.78. The summed E-state index contributed by atoms with van der Waals surface area (Å²) in [5.74, 6) is 0.713. The van der Waals surface area contributed by atoms with E-state index in [2.05, 4.69) is 9.97 Å². The average molecular weight is 209 g/mol. The van der Waals surface area contributed by atoms with Crippen LogP contribution >= 0.6 is 0 Å². The topological polar surface area (TPSA) is 61.0 Å². The number of hydrogen-bond donors (Lipinski definition) is 1. The molecule has 1 rings (SSSR count). The van der Waals surface area contributed by atoms with Crippen molar-refractivity contribution in [2.75, 3.05) is 13.2 Å². The van der Waals surface area contributed by atoms with Crippen LogP contribution in [0.15, 0.2) is 12.4 Å². The molecular formula is C11H19N3O. The van der Waals surface area contributed by atoms with Gasteiger partial charge in [0.15, 0.2) is 5.82 Å². The summed E-state index contributed by atoms with van der Waals surface area (Å²) in [6, 6.07) is 0. The Bertz CT molecular complexity index is 295. The van der Waals surface area contributed by atoms with E-state index in [4.69, 9.17) is 10.5 Å². The third-order valence-corrected chi connectivity index (χ3v) is 2.18. The number of ether oxygens (including phenoxy) is 1. The average Bonchev–Trinajstić information content (AvgIpc) is 2.19. The smallest absolute Gasteiger partial charge is 0.159 e. The van der Waals surface area contributed by atoms with E-state index in [1.54, 1.807) is 0 Å². The third kappa shape index (κ3) is 3.25. The first kappa shape index (κ1) is 12.1. The number of nitrogens with zero attached hydrogens (tertiary/aromatic N) is 2. The van der Waals surface area contributed by atoms with E-state index >= 15 is 0 Å². The number of nitrogens with two attached hydrogens (primary N) is 1. The summed E-state index contributed by atoms with van der Waals surface area (Å²) >= 11 is 0. The van der Waals surface area contributed by atoms with Crippen molar-refractivity contribution in [1.82, 2.24) is 9.97 Å². The SMILES string of the molecule is CCOC(C)(C)c1ncc(CCN)cn1. The lowest BCUT2D eigenvalue weighted by Crippen LogP contribution is -2.24. The lowest BCUT2D eigenvalue weighted by molar-refractivity contribution is -0.0208. The van der Waals surface area contributed by atoms with Crippen molar-refractivity contribution in [3.8, 4) is 0 Å². The van der Waals surface area contributed by atoms with Gasteiger partial charge in [0.2, 0.25) is 0 Å². The summed E-state index contributed by atoms with van der Waals surface area (Å²) in [6.45, 7) is 7.17. The van der Waals surface area contributed by atoms with Crippen molar-refractivity contribution in [3.63, 3.8) is 0 Å². The molecule has 4 heteroatoms. The molecule has 1 aromatic heterocycles. The van der Waals surface area contributed by atoms with Crippen LogP contribution in [0.3, 0.4) is 0 Å². The van der Waals surface area contributed by atoms with Gasteiger partial charge < -0.3 is 10.5 Å². The highest BCUT2D eigenvalue weighted by molar-refractivity contribution is 5.08. The van der Waals surface area contributed by atoms with Crippen molar-refractivity contribution in [2.45, 2.75) is 32.8 Å². The Labute approximate surface area is 90.9 Å². The molecule has 0 amide bonds. The van der Waals surface area contributed by atoms with Gasteiger partial charge in [-0.2, -0.15) is 0 Å². The van der Waals surface area contributed by atoms with Gasteiger partial charge in [-0.1, -0.05) is 0 Å². The fourth-order valence-corrected chi connectivity index (χ4v) is 1.39. The van der Waals surface area contributed by atoms with Gasteiger partial charge in [-0.25, -0.2) is 9.97 Å². The molecule has 0 spiro atoms. The van der Waals surface area contributed by atoms with Crippen molar-refractivity contribution in [2.24, 2.45) is 5.73 Å². The molecule has 0 aliphatic heterocycles. The number of rotatable bonds is 5. The van der Waals surface area contributed by atoms with Gasteiger partial charge >= 0.3 is 0 Å². The molecule has 0 radical (unpaired) electrons. The van der Waals surface area contributed by atoms with Crippen molar-refractivity contribution < 1.29 is 4.74 Å². The molecule has 0 fully saturated rings. The zero-order valence-corrected chi connectivity index (χ0v) is 9.66. The molecule has 0 bridgehead atoms. The van der Waals surface area contributed by atoms with Crippen molar-refractivity contribution in [1.29, 1.82) is 0 Å². The summed E-state index contributed by atoms with van der Waals surface area (Å²) in [4.78, 5) is 8.59. The molecule has 0 saturated heterocycles. The van der Waals surface area contributed by atoms with Crippen molar-refractivity contribution >= 4 is 0 Å². The maximum atomic E-state index is 5.57. The molecular weight excluding hydrogens is 190 g/mol. The lowest BCUT2D eigenvalue weighted by atomic mass is 10.1. The molecule has 0 saturated carbocycles. The molecule has 1 heterocycles. The van der Waals surface area contributed by atoms with E-state index in [0.717, 1.165) is 12.0 Å². The van der Waals surface area contributed by atoms with Gasteiger partial charge in [-0.05, 0) is 39.3 Å². The van der Waals surface area contributed by atoms with Crippen molar-refractivity contribution in [3.05, 3.63) is 23.8 Å². The quantitative estimate of drug-likeness (QED) is 0.792. The minimum Gasteiger partial charge on any atom is -0.368 e. The van der Waals surface area contributed by atoms with Gasteiger partial charge in [0.25, 0.3) is 0 Å². The van der Waals surface area contributed by atoms with Crippen LogP contribution in [0.4, 0.5) is 0 Å².